The minimum atomic E-state index is -0.571. The monoisotopic (exact) mass is 237 g/mol. The number of rotatable bonds is 0. The smallest absolute Gasteiger partial charge is 0.417 e. The van der Waals surface area contributed by atoms with Crippen molar-refractivity contribution in [3.8, 4) is 0 Å². The Morgan fingerprint density at radius 2 is 2.18 bits per heavy atom. The second kappa shape index (κ2) is 3.59. The lowest BCUT2D eigenvalue weighted by Gasteiger charge is -2.26. The number of amides is 2. The molecule has 1 aliphatic carbocycles. The molecule has 94 valence electrons. The zero-order valence-corrected chi connectivity index (χ0v) is 10.8. The van der Waals surface area contributed by atoms with Gasteiger partial charge in [-0.25, -0.2) is 9.69 Å². The molecular weight excluding hydrogens is 218 g/mol. The van der Waals surface area contributed by atoms with Crippen molar-refractivity contribution in [2.24, 2.45) is 5.41 Å². The molecular formula is C13H19NO3. The zero-order valence-electron chi connectivity index (χ0n) is 10.8. The van der Waals surface area contributed by atoms with Crippen LogP contribution in [0.25, 0.3) is 0 Å². The molecule has 2 aliphatic rings. The van der Waals surface area contributed by atoms with E-state index in [9.17, 15) is 9.59 Å². The Bertz CT molecular complexity index is 394. The Balaban J connectivity index is 2.20. The summed E-state index contributed by atoms with van der Waals surface area (Å²) in [5, 5.41) is 0. The largest absolute Gasteiger partial charge is 0.443 e. The van der Waals surface area contributed by atoms with Crippen molar-refractivity contribution >= 4 is 12.0 Å². The lowest BCUT2D eigenvalue weighted by molar-refractivity contribution is -0.134. The third-order valence-electron chi connectivity index (χ3n) is 3.24. The first-order chi connectivity index (χ1) is 7.73. The van der Waals surface area contributed by atoms with Gasteiger partial charge in [0, 0.05) is 0 Å². The molecule has 1 heterocycles. The SMILES string of the molecule is CC(C)(C)OC(=O)N1C(=O)C2(C)CC=CC1C2. The molecule has 0 saturated carbocycles. The summed E-state index contributed by atoms with van der Waals surface area (Å²) in [4.78, 5) is 25.5. The minimum Gasteiger partial charge on any atom is -0.443 e. The van der Waals surface area contributed by atoms with Gasteiger partial charge in [-0.05, 0) is 33.6 Å². The molecule has 0 N–H and O–H groups in total. The Kier molecular flexibility index (Phi) is 2.56. The maximum atomic E-state index is 12.2. The normalized spacial score (nSPS) is 31.9. The number of hydrogen-bond donors (Lipinski definition) is 0. The van der Waals surface area contributed by atoms with Gasteiger partial charge in [0.05, 0.1) is 11.5 Å². The van der Waals surface area contributed by atoms with Crippen molar-refractivity contribution in [3.05, 3.63) is 12.2 Å². The van der Waals surface area contributed by atoms with Crippen molar-refractivity contribution in [1.82, 2.24) is 4.90 Å². The average Bonchev–Trinajstić information content (AvgIpc) is 2.31. The molecule has 0 aromatic rings. The van der Waals surface area contributed by atoms with Crippen LogP contribution in [0.3, 0.4) is 0 Å². The minimum absolute atomic E-state index is 0.109. The van der Waals surface area contributed by atoms with Crippen LogP contribution >= 0.6 is 0 Å². The number of nitrogens with zero attached hydrogens (tertiary/aromatic N) is 1. The summed E-state index contributed by atoms with van der Waals surface area (Å²) < 4.78 is 5.28. The van der Waals surface area contributed by atoms with Crippen LogP contribution in [-0.2, 0) is 9.53 Å². The third kappa shape index (κ3) is 2.08. The molecule has 1 fully saturated rings. The van der Waals surface area contributed by atoms with Gasteiger partial charge >= 0.3 is 6.09 Å². The van der Waals surface area contributed by atoms with Crippen LogP contribution in [0.1, 0.15) is 40.5 Å². The first kappa shape index (κ1) is 12.1. The second-order valence-corrected chi connectivity index (χ2v) is 6.12. The van der Waals surface area contributed by atoms with E-state index in [2.05, 4.69) is 0 Å². The first-order valence-electron chi connectivity index (χ1n) is 5.96. The van der Waals surface area contributed by atoms with E-state index in [0.29, 0.717) is 12.8 Å². The Morgan fingerprint density at radius 1 is 1.53 bits per heavy atom. The molecule has 0 spiro atoms. The predicted molar refractivity (Wildman–Crippen MR) is 63.3 cm³/mol. The number of carbonyl (C=O) groups excluding carboxylic acids is 2. The molecule has 2 atom stereocenters. The van der Waals surface area contributed by atoms with Crippen LogP contribution in [0.5, 0.6) is 0 Å². The lowest BCUT2D eigenvalue weighted by Crippen LogP contribution is -2.42. The Morgan fingerprint density at radius 3 is 2.71 bits per heavy atom. The first-order valence-corrected chi connectivity index (χ1v) is 5.96. The molecule has 2 rings (SSSR count). The molecule has 2 unspecified atom stereocenters. The van der Waals surface area contributed by atoms with Gasteiger partial charge in [0.15, 0.2) is 0 Å². The van der Waals surface area contributed by atoms with E-state index >= 15 is 0 Å². The average molecular weight is 237 g/mol. The van der Waals surface area contributed by atoms with Crippen molar-refractivity contribution in [2.45, 2.75) is 52.2 Å². The topological polar surface area (TPSA) is 46.6 Å². The second-order valence-electron chi connectivity index (χ2n) is 6.12. The summed E-state index contributed by atoms with van der Waals surface area (Å²) in [6.45, 7) is 7.32. The molecule has 1 aliphatic heterocycles. The fourth-order valence-electron chi connectivity index (χ4n) is 2.42. The maximum absolute atomic E-state index is 12.2. The highest BCUT2D eigenvalue weighted by molar-refractivity contribution is 5.98. The summed E-state index contributed by atoms with van der Waals surface area (Å²) in [5.41, 5.74) is -0.991. The van der Waals surface area contributed by atoms with Crippen molar-refractivity contribution in [3.63, 3.8) is 0 Å². The molecule has 4 heteroatoms. The van der Waals surface area contributed by atoms with Gasteiger partial charge in [-0.3, -0.25) is 4.79 Å². The fourth-order valence-corrected chi connectivity index (χ4v) is 2.42. The van der Waals surface area contributed by atoms with Crippen LogP contribution in [0.4, 0.5) is 4.79 Å². The highest BCUT2D eigenvalue weighted by atomic mass is 16.6. The number of allylic oxidation sites excluding steroid dienone is 1. The summed E-state index contributed by atoms with van der Waals surface area (Å²) in [5.74, 6) is -0.109. The third-order valence-corrected chi connectivity index (χ3v) is 3.24. The molecule has 2 bridgehead atoms. The molecule has 4 nitrogen and oxygen atoms in total. The summed E-state index contributed by atoms with van der Waals surface area (Å²) in [7, 11) is 0. The van der Waals surface area contributed by atoms with E-state index in [1.54, 1.807) is 20.8 Å². The van der Waals surface area contributed by atoms with E-state index in [1.807, 2.05) is 19.1 Å². The van der Waals surface area contributed by atoms with Crippen LogP contribution in [0.2, 0.25) is 0 Å². The molecule has 0 aromatic heterocycles. The number of fused-ring (bicyclic) bond motifs is 2. The highest BCUT2D eigenvalue weighted by Gasteiger charge is 2.52. The van der Waals surface area contributed by atoms with Gasteiger partial charge in [-0.2, -0.15) is 0 Å². The van der Waals surface area contributed by atoms with Gasteiger partial charge < -0.3 is 4.74 Å². The molecule has 1 saturated heterocycles. The van der Waals surface area contributed by atoms with Gasteiger partial charge in [0.25, 0.3) is 0 Å². The van der Waals surface area contributed by atoms with E-state index in [0.717, 1.165) is 0 Å². The maximum Gasteiger partial charge on any atom is 0.417 e. The zero-order chi connectivity index (χ0) is 12.8. The van der Waals surface area contributed by atoms with Crippen LogP contribution in [0, 0.1) is 5.41 Å². The van der Waals surface area contributed by atoms with Gasteiger partial charge in [0.2, 0.25) is 5.91 Å². The quantitative estimate of drug-likeness (QED) is 0.608. The Hall–Kier alpha value is -1.32. The number of ether oxygens (including phenoxy) is 1. The standard InChI is InChI=1S/C13H19NO3/c1-12(2,3)17-11(16)14-9-6-5-7-13(4,8-9)10(14)15/h5-6,9H,7-8H2,1-4H3. The van der Waals surface area contributed by atoms with Crippen LogP contribution in [-0.4, -0.2) is 28.5 Å². The van der Waals surface area contributed by atoms with Gasteiger partial charge in [-0.15, -0.1) is 0 Å². The van der Waals surface area contributed by atoms with Gasteiger partial charge in [-0.1, -0.05) is 19.1 Å². The van der Waals surface area contributed by atoms with E-state index in [1.165, 1.54) is 4.90 Å². The van der Waals surface area contributed by atoms with Crippen molar-refractivity contribution in [2.75, 3.05) is 0 Å². The number of carbonyl (C=O) groups is 2. The summed E-state index contributed by atoms with van der Waals surface area (Å²) in [6, 6.07) is -0.129. The van der Waals surface area contributed by atoms with Crippen LogP contribution in [0.15, 0.2) is 12.2 Å². The van der Waals surface area contributed by atoms with Crippen molar-refractivity contribution < 1.29 is 14.3 Å². The van der Waals surface area contributed by atoms with E-state index in [4.69, 9.17) is 4.74 Å². The van der Waals surface area contributed by atoms with Crippen molar-refractivity contribution in [1.29, 1.82) is 0 Å². The number of imide groups is 1. The fraction of sp³-hybridized carbons (Fsp3) is 0.692. The van der Waals surface area contributed by atoms with E-state index < -0.39 is 17.1 Å². The van der Waals surface area contributed by atoms with E-state index in [-0.39, 0.29) is 11.9 Å². The summed E-state index contributed by atoms with van der Waals surface area (Å²) in [6.07, 6.45) is 4.80. The lowest BCUT2D eigenvalue weighted by atomic mass is 9.81. The molecule has 0 radical (unpaired) electrons. The Labute approximate surface area is 102 Å². The number of hydrogen-bond acceptors (Lipinski definition) is 3. The molecule has 2 amide bonds. The molecule has 0 aromatic carbocycles. The predicted octanol–water partition coefficient (Wildman–Crippen LogP) is 2.49. The van der Waals surface area contributed by atoms with Gasteiger partial charge in [0.1, 0.15) is 5.60 Å². The van der Waals surface area contributed by atoms with Crippen LogP contribution < -0.4 is 0 Å². The summed E-state index contributed by atoms with van der Waals surface area (Å²) >= 11 is 0. The molecule has 17 heavy (non-hydrogen) atoms. The number of likely N-dealkylation sites (tertiary alicyclic amines) is 1. The highest BCUT2D eigenvalue weighted by Crippen LogP contribution is 2.43.